The normalized spacial score (nSPS) is 24.5. The Hall–Kier alpha value is -2.65. The zero-order valence-electron chi connectivity index (χ0n) is 23.5. The lowest BCUT2D eigenvalue weighted by molar-refractivity contribution is -0.122. The number of nitrogens with zero attached hydrogens (tertiary/aromatic N) is 1. The Kier molecular flexibility index (Phi) is 9.00. The Bertz CT molecular complexity index is 1330. The molecule has 0 saturated carbocycles. The van der Waals surface area contributed by atoms with E-state index in [-0.39, 0.29) is 41.4 Å². The number of anilines is 1. The first kappa shape index (κ1) is 28.9. The predicted octanol–water partition coefficient (Wildman–Crippen LogP) is 7.29. The number of ether oxygens (including phenoxy) is 2. The first-order chi connectivity index (χ1) is 19.4. The minimum absolute atomic E-state index is 0.0306. The molecule has 3 aliphatic rings. The predicted molar refractivity (Wildman–Crippen MR) is 165 cm³/mol. The molecule has 2 aliphatic heterocycles. The first-order valence-electron chi connectivity index (χ1n) is 14.4. The van der Waals surface area contributed by atoms with Crippen LogP contribution < -0.4 is 9.64 Å². The van der Waals surface area contributed by atoms with Crippen LogP contribution >= 0.6 is 22.6 Å². The van der Waals surface area contributed by atoms with Crippen LogP contribution in [0.2, 0.25) is 0 Å². The highest BCUT2D eigenvalue weighted by Gasteiger charge is 2.57. The molecule has 1 N–H and O–H groups in total. The molecular formula is C33H38INO5. The van der Waals surface area contributed by atoms with Crippen LogP contribution in [0.5, 0.6) is 11.5 Å². The molecule has 0 unspecified atom stereocenters. The van der Waals surface area contributed by atoms with E-state index in [1.54, 1.807) is 7.11 Å². The van der Waals surface area contributed by atoms with Crippen molar-refractivity contribution in [1.82, 2.24) is 0 Å². The van der Waals surface area contributed by atoms with E-state index < -0.39 is 0 Å². The van der Waals surface area contributed by atoms with Crippen molar-refractivity contribution in [1.29, 1.82) is 0 Å². The van der Waals surface area contributed by atoms with Gasteiger partial charge in [-0.3, -0.25) is 14.5 Å². The van der Waals surface area contributed by atoms with Gasteiger partial charge in [-0.2, -0.15) is 0 Å². The van der Waals surface area contributed by atoms with E-state index in [2.05, 4.69) is 42.5 Å². The van der Waals surface area contributed by atoms with E-state index >= 15 is 0 Å². The summed E-state index contributed by atoms with van der Waals surface area (Å²) in [7, 11) is 1.57. The molecule has 212 valence electrons. The van der Waals surface area contributed by atoms with Crippen LogP contribution in [-0.4, -0.2) is 36.7 Å². The monoisotopic (exact) mass is 655 g/mol. The Morgan fingerprint density at radius 1 is 1.10 bits per heavy atom. The number of hydrogen-bond donors (Lipinski definition) is 1. The van der Waals surface area contributed by atoms with E-state index in [0.717, 1.165) is 47.7 Å². The highest BCUT2D eigenvalue weighted by Crippen LogP contribution is 2.51. The van der Waals surface area contributed by atoms with Crippen molar-refractivity contribution in [3.8, 4) is 11.5 Å². The molecule has 7 heteroatoms. The van der Waals surface area contributed by atoms with E-state index in [4.69, 9.17) is 9.47 Å². The van der Waals surface area contributed by atoms with Gasteiger partial charge in [0.15, 0.2) is 11.5 Å². The number of benzene rings is 2. The molecule has 6 nitrogen and oxygen atoms in total. The highest BCUT2D eigenvalue weighted by atomic mass is 127. The molecule has 2 heterocycles. The number of rotatable bonds is 10. The molecule has 2 aromatic carbocycles. The number of methoxy groups -OCH3 is 1. The summed E-state index contributed by atoms with van der Waals surface area (Å²) in [5.41, 5.74) is 5.61. The lowest BCUT2D eigenvalue weighted by Crippen LogP contribution is -2.34. The number of imide groups is 1. The van der Waals surface area contributed by atoms with Crippen LogP contribution in [0.1, 0.15) is 64.4 Å². The summed E-state index contributed by atoms with van der Waals surface area (Å²) < 4.78 is 12.6. The van der Waals surface area contributed by atoms with Gasteiger partial charge in [-0.25, -0.2) is 0 Å². The molecule has 2 aromatic rings. The molecule has 0 bridgehead atoms. The van der Waals surface area contributed by atoms with Gasteiger partial charge in [0.25, 0.3) is 0 Å². The van der Waals surface area contributed by atoms with Gasteiger partial charge in [0.1, 0.15) is 0 Å². The fourth-order valence-corrected chi connectivity index (χ4v) is 7.44. The summed E-state index contributed by atoms with van der Waals surface area (Å²) in [4.78, 5) is 28.7. The molecule has 0 aromatic heterocycles. The average molecular weight is 656 g/mol. The lowest BCUT2D eigenvalue weighted by atomic mass is 9.68. The summed E-state index contributed by atoms with van der Waals surface area (Å²) >= 11 is 2.13. The van der Waals surface area contributed by atoms with Gasteiger partial charge in [0, 0.05) is 5.92 Å². The standard InChI is InChI=1S/C33H38INO5/c1-4-9-20(15-21-16-26(34)31(36)28(17-21)39-3)13-14-27-29-22(10-5-2)18-24-30(25(29)19-40-27)33(38)35(32(24)37)23-11-7-6-8-12-23/h6-8,11-12,15-17,24-25,27,30,36H,4-5,9-10,13-14,18-19H2,1-3H3/b20-15+/t24-,25+,27-,30-/m1/s1. The summed E-state index contributed by atoms with van der Waals surface area (Å²) in [5.74, 6) is -0.174. The maximum Gasteiger partial charge on any atom is 0.238 e. The fraction of sp³-hybridized carbons (Fsp3) is 0.455. The van der Waals surface area contributed by atoms with E-state index in [1.165, 1.54) is 21.6 Å². The van der Waals surface area contributed by atoms with Gasteiger partial charge in [-0.1, -0.05) is 62.1 Å². The van der Waals surface area contributed by atoms with Gasteiger partial charge in [-0.05, 0) is 90.1 Å². The second kappa shape index (κ2) is 12.5. The summed E-state index contributed by atoms with van der Waals surface area (Å²) in [6.07, 6.45) is 8.50. The van der Waals surface area contributed by atoms with Crippen molar-refractivity contribution in [3.05, 3.63) is 68.3 Å². The minimum atomic E-state index is -0.342. The van der Waals surface area contributed by atoms with Gasteiger partial charge in [0.2, 0.25) is 11.8 Å². The Balaban J connectivity index is 1.39. The third-order valence-electron chi connectivity index (χ3n) is 8.51. The van der Waals surface area contributed by atoms with Crippen molar-refractivity contribution in [3.63, 3.8) is 0 Å². The maximum absolute atomic E-state index is 13.7. The van der Waals surface area contributed by atoms with Gasteiger partial charge < -0.3 is 14.6 Å². The molecule has 1 aliphatic carbocycles. The highest BCUT2D eigenvalue weighted by molar-refractivity contribution is 14.1. The summed E-state index contributed by atoms with van der Waals surface area (Å²) in [6, 6.07) is 13.2. The molecular weight excluding hydrogens is 617 g/mol. The zero-order valence-corrected chi connectivity index (χ0v) is 25.6. The van der Waals surface area contributed by atoms with E-state index in [9.17, 15) is 14.7 Å². The average Bonchev–Trinajstić information content (AvgIpc) is 3.48. The topological polar surface area (TPSA) is 76.1 Å². The second-order valence-electron chi connectivity index (χ2n) is 11.1. The third kappa shape index (κ3) is 5.47. The van der Waals surface area contributed by atoms with Crippen molar-refractivity contribution in [2.45, 2.75) is 64.9 Å². The van der Waals surface area contributed by atoms with Crippen LogP contribution in [-0.2, 0) is 14.3 Å². The Labute approximate surface area is 250 Å². The molecule has 2 fully saturated rings. The molecule has 5 rings (SSSR count). The number of allylic oxidation sites excluding steroid dienone is 2. The Morgan fingerprint density at radius 2 is 1.88 bits per heavy atom. The van der Waals surface area contributed by atoms with Crippen LogP contribution in [0, 0.1) is 21.3 Å². The van der Waals surface area contributed by atoms with E-state index in [0.29, 0.717) is 24.5 Å². The number of carbonyl (C=O) groups is 2. The molecule has 2 saturated heterocycles. The molecule has 4 atom stereocenters. The van der Waals surface area contributed by atoms with Crippen molar-refractivity contribution >= 4 is 46.2 Å². The van der Waals surface area contributed by atoms with Crippen LogP contribution in [0.15, 0.2) is 59.2 Å². The van der Waals surface area contributed by atoms with Crippen molar-refractivity contribution in [2.75, 3.05) is 18.6 Å². The molecule has 0 radical (unpaired) electrons. The summed E-state index contributed by atoms with van der Waals surface area (Å²) in [6.45, 7) is 4.85. The van der Waals surface area contributed by atoms with Crippen LogP contribution in [0.4, 0.5) is 5.69 Å². The van der Waals surface area contributed by atoms with Gasteiger partial charge in [0.05, 0.1) is 40.9 Å². The zero-order chi connectivity index (χ0) is 28.4. The lowest BCUT2D eigenvalue weighted by Gasteiger charge is -2.32. The van der Waals surface area contributed by atoms with Gasteiger partial charge in [-0.15, -0.1) is 0 Å². The number of amides is 2. The number of fused-ring (bicyclic) bond motifs is 3. The number of para-hydroxylation sites is 1. The van der Waals surface area contributed by atoms with Crippen LogP contribution in [0.3, 0.4) is 0 Å². The van der Waals surface area contributed by atoms with Crippen LogP contribution in [0.25, 0.3) is 6.08 Å². The van der Waals surface area contributed by atoms with Crippen molar-refractivity contribution < 1.29 is 24.2 Å². The quantitative estimate of drug-likeness (QED) is 0.165. The van der Waals surface area contributed by atoms with E-state index in [1.807, 2.05) is 42.5 Å². The fourth-order valence-electron chi connectivity index (χ4n) is 6.82. The smallest absolute Gasteiger partial charge is 0.238 e. The molecule has 0 spiro atoms. The number of carbonyl (C=O) groups excluding carboxylic acids is 2. The van der Waals surface area contributed by atoms with Gasteiger partial charge >= 0.3 is 0 Å². The van der Waals surface area contributed by atoms with Crippen molar-refractivity contribution in [2.24, 2.45) is 17.8 Å². The largest absolute Gasteiger partial charge is 0.504 e. The molecule has 2 amide bonds. The number of phenols is 1. The Morgan fingerprint density at radius 3 is 2.58 bits per heavy atom. The number of aromatic hydroxyl groups is 1. The number of hydrogen-bond acceptors (Lipinski definition) is 5. The summed E-state index contributed by atoms with van der Waals surface area (Å²) in [5, 5.41) is 10.2. The minimum Gasteiger partial charge on any atom is -0.504 e. The maximum atomic E-state index is 13.7. The number of halogens is 1. The first-order valence-corrected chi connectivity index (χ1v) is 15.5. The number of phenolic OH excluding ortho intramolecular Hbond substituents is 1. The molecule has 40 heavy (non-hydrogen) atoms. The second-order valence-corrected chi connectivity index (χ2v) is 12.2. The third-order valence-corrected chi connectivity index (χ3v) is 9.34. The SMILES string of the molecule is CCCC1=C2[C@@H](CC/C(=C/c3cc(I)c(O)c(OC)c3)CCC)OC[C@@H]2[C@@H]2C(=O)N(c3ccccc3)C(=O)[C@@H]2C1.